The largest absolute Gasteiger partial charge is 0.512 e. The Kier molecular flexibility index (Phi) is 6.52. The molecule has 3 heterocycles. The lowest BCUT2D eigenvalue weighted by Gasteiger charge is -2.24. The van der Waals surface area contributed by atoms with Crippen LogP contribution < -0.4 is 4.74 Å². The molecule has 3 rings (SSSR count). The van der Waals surface area contributed by atoms with Gasteiger partial charge in [-0.1, -0.05) is 13.0 Å². The van der Waals surface area contributed by atoms with Crippen LogP contribution in [-0.4, -0.2) is 31.6 Å². The molecule has 6 nitrogen and oxygen atoms in total. The van der Waals surface area contributed by atoms with Gasteiger partial charge in [0, 0.05) is 23.5 Å². The van der Waals surface area contributed by atoms with Crippen molar-refractivity contribution >= 4 is 0 Å². The van der Waals surface area contributed by atoms with Crippen LogP contribution in [0.15, 0.2) is 48.6 Å². The van der Waals surface area contributed by atoms with E-state index < -0.39 is 23.1 Å². The van der Waals surface area contributed by atoms with E-state index in [0.29, 0.717) is 23.7 Å². The first-order valence-corrected chi connectivity index (χ1v) is 9.78. The van der Waals surface area contributed by atoms with Crippen LogP contribution in [-0.2, 0) is 6.18 Å². The highest BCUT2D eigenvalue weighted by Crippen LogP contribution is 2.30. The molecule has 0 aliphatic heterocycles. The van der Waals surface area contributed by atoms with Crippen LogP contribution in [0.1, 0.15) is 32.9 Å². The second kappa shape index (κ2) is 8.97. The fourth-order valence-corrected chi connectivity index (χ4v) is 2.78. The molecule has 32 heavy (non-hydrogen) atoms. The maximum absolute atomic E-state index is 14.5. The number of hydrogen-bond donors (Lipinski definition) is 2. The molecule has 0 aliphatic rings. The second-order valence-corrected chi connectivity index (χ2v) is 7.76. The fraction of sp³-hybridized carbons (Fsp3) is 0.318. The predicted molar refractivity (Wildman–Crippen MR) is 110 cm³/mol. The van der Waals surface area contributed by atoms with E-state index in [1.54, 1.807) is 26.0 Å². The Hall–Kier alpha value is -3.43. The summed E-state index contributed by atoms with van der Waals surface area (Å²) in [5.41, 5.74) is -0.544. The number of allylic oxidation sites excluding steroid dienone is 1. The summed E-state index contributed by atoms with van der Waals surface area (Å²) in [6, 6.07) is 4.27. The van der Waals surface area contributed by atoms with E-state index in [9.17, 15) is 22.7 Å². The Morgan fingerprint density at radius 1 is 1.09 bits per heavy atom. The average molecular weight is 450 g/mol. The maximum Gasteiger partial charge on any atom is 0.432 e. The number of rotatable bonds is 7. The van der Waals surface area contributed by atoms with E-state index >= 15 is 0 Å². The van der Waals surface area contributed by atoms with Crippen LogP contribution >= 0.6 is 0 Å². The lowest BCUT2D eigenvalue weighted by molar-refractivity contribution is -0.140. The molecule has 0 atom stereocenters. The first-order chi connectivity index (χ1) is 15.0. The zero-order chi connectivity index (χ0) is 23.5. The molecule has 0 amide bonds. The summed E-state index contributed by atoms with van der Waals surface area (Å²) in [5, 5.41) is 10.1. The van der Waals surface area contributed by atoms with Gasteiger partial charge in [-0.15, -0.1) is 0 Å². The van der Waals surface area contributed by atoms with Crippen LogP contribution in [0.3, 0.4) is 0 Å². The summed E-state index contributed by atoms with van der Waals surface area (Å²) in [5.74, 6) is -0.768. The third-order valence-corrected chi connectivity index (χ3v) is 4.69. The van der Waals surface area contributed by atoms with E-state index in [0.717, 1.165) is 0 Å². The minimum absolute atomic E-state index is 0.0257. The highest BCUT2D eigenvalue weighted by molar-refractivity contribution is 5.64. The minimum atomic E-state index is -4.53. The number of aliphatic hydroxyl groups excluding tert-OH is 1. The summed E-state index contributed by atoms with van der Waals surface area (Å²) in [6.07, 6.45) is 1.28. The molecule has 0 fully saturated rings. The van der Waals surface area contributed by atoms with E-state index in [2.05, 4.69) is 19.9 Å². The van der Waals surface area contributed by atoms with Gasteiger partial charge in [0.05, 0.1) is 17.4 Å². The van der Waals surface area contributed by atoms with Crippen LogP contribution in [0.5, 0.6) is 5.88 Å². The molecule has 10 heteroatoms. The van der Waals surface area contributed by atoms with Gasteiger partial charge in [0.15, 0.2) is 11.6 Å². The normalized spacial score (nSPS) is 12.8. The van der Waals surface area contributed by atoms with Crippen molar-refractivity contribution in [1.82, 2.24) is 19.9 Å². The minimum Gasteiger partial charge on any atom is -0.512 e. The molecule has 0 spiro atoms. The standard InChI is InChI=1S/C22H22F4N4O2/c1-4-5-18(31)21(2,3)12-32-20-15(23)8-14(10-29-20)13-6-7-16(27-9-13)19-28-11-17(30-19)22(24,25)26/h5-11,31H,4,12H2,1-3H3,(H,28,30). The number of pyridine rings is 2. The number of ether oxygens (including phenoxy) is 1. The lowest BCUT2D eigenvalue weighted by atomic mass is 9.91. The van der Waals surface area contributed by atoms with Gasteiger partial charge in [-0.05, 0) is 38.5 Å². The van der Waals surface area contributed by atoms with E-state index in [4.69, 9.17) is 4.74 Å². The van der Waals surface area contributed by atoms with Gasteiger partial charge in [0.1, 0.15) is 18.0 Å². The van der Waals surface area contributed by atoms with Crippen molar-refractivity contribution in [2.24, 2.45) is 5.41 Å². The third kappa shape index (κ3) is 5.24. The number of halogens is 4. The zero-order valence-corrected chi connectivity index (χ0v) is 17.7. The second-order valence-electron chi connectivity index (χ2n) is 7.76. The number of aromatic nitrogens is 4. The van der Waals surface area contributed by atoms with Crippen LogP contribution in [0.2, 0.25) is 0 Å². The molecule has 3 aromatic heterocycles. The Labute approximate surface area is 182 Å². The Balaban J connectivity index is 1.73. The average Bonchev–Trinajstić information content (AvgIpc) is 3.24. The third-order valence-electron chi connectivity index (χ3n) is 4.69. The molecule has 0 bridgehead atoms. The van der Waals surface area contributed by atoms with Crippen molar-refractivity contribution in [3.63, 3.8) is 0 Å². The first kappa shape index (κ1) is 23.2. The number of nitrogens with one attached hydrogen (secondary N) is 1. The quantitative estimate of drug-likeness (QED) is 0.343. The molecule has 0 unspecified atom stereocenters. The molecule has 0 saturated carbocycles. The number of aromatic amines is 1. The summed E-state index contributed by atoms with van der Waals surface area (Å²) < 4.78 is 58.1. The van der Waals surface area contributed by atoms with E-state index in [1.807, 2.05) is 6.92 Å². The van der Waals surface area contributed by atoms with Crippen molar-refractivity contribution in [2.75, 3.05) is 6.61 Å². The van der Waals surface area contributed by atoms with Gasteiger partial charge < -0.3 is 14.8 Å². The van der Waals surface area contributed by atoms with Gasteiger partial charge in [-0.3, -0.25) is 4.98 Å². The molecule has 3 aromatic rings. The Morgan fingerprint density at radius 3 is 2.38 bits per heavy atom. The lowest BCUT2D eigenvalue weighted by Crippen LogP contribution is -2.24. The number of H-pyrrole nitrogens is 1. The maximum atomic E-state index is 14.5. The monoisotopic (exact) mass is 450 g/mol. The van der Waals surface area contributed by atoms with E-state index in [-0.39, 0.29) is 29.8 Å². The summed E-state index contributed by atoms with van der Waals surface area (Å²) in [6.45, 7) is 5.45. The fourth-order valence-electron chi connectivity index (χ4n) is 2.78. The first-order valence-electron chi connectivity index (χ1n) is 9.78. The predicted octanol–water partition coefficient (Wildman–Crippen LogP) is 5.95. The highest BCUT2D eigenvalue weighted by Gasteiger charge is 2.33. The van der Waals surface area contributed by atoms with Gasteiger partial charge in [-0.2, -0.15) is 13.2 Å². The molecule has 170 valence electrons. The summed E-state index contributed by atoms with van der Waals surface area (Å²) in [7, 11) is 0. The van der Waals surface area contributed by atoms with Crippen LogP contribution in [0.4, 0.5) is 17.6 Å². The Bertz CT molecular complexity index is 1110. The van der Waals surface area contributed by atoms with Gasteiger partial charge in [-0.25, -0.2) is 14.4 Å². The van der Waals surface area contributed by atoms with Crippen LogP contribution in [0, 0.1) is 11.2 Å². The number of imidazole rings is 1. The number of nitrogens with zero attached hydrogens (tertiary/aromatic N) is 3. The van der Waals surface area contributed by atoms with Gasteiger partial charge in [0.25, 0.3) is 0 Å². The number of hydrogen-bond acceptors (Lipinski definition) is 5. The summed E-state index contributed by atoms with van der Waals surface area (Å²) in [4.78, 5) is 14.0. The zero-order valence-electron chi connectivity index (χ0n) is 17.7. The number of aliphatic hydroxyl groups is 1. The Morgan fingerprint density at radius 2 is 1.81 bits per heavy atom. The van der Waals surface area contributed by atoms with Crippen molar-refractivity contribution in [3.8, 4) is 28.5 Å². The summed E-state index contributed by atoms with van der Waals surface area (Å²) >= 11 is 0. The SMILES string of the molecule is CCC=C(O)C(C)(C)COc1ncc(-c2ccc(-c3ncc(C(F)(F)F)[nH]3)nc2)cc1F. The van der Waals surface area contributed by atoms with Crippen molar-refractivity contribution in [2.45, 2.75) is 33.4 Å². The van der Waals surface area contributed by atoms with E-state index in [1.165, 1.54) is 24.5 Å². The molecule has 0 aromatic carbocycles. The van der Waals surface area contributed by atoms with Crippen molar-refractivity contribution < 1.29 is 27.4 Å². The molecule has 0 radical (unpaired) electrons. The molecule has 2 N–H and O–H groups in total. The van der Waals surface area contributed by atoms with Gasteiger partial charge in [0.2, 0.25) is 5.88 Å². The van der Waals surface area contributed by atoms with Crippen molar-refractivity contribution in [1.29, 1.82) is 0 Å². The van der Waals surface area contributed by atoms with Crippen molar-refractivity contribution in [3.05, 3.63) is 60.1 Å². The molecular formula is C22H22F4N4O2. The number of alkyl halides is 3. The molecule has 0 aliphatic carbocycles. The topological polar surface area (TPSA) is 83.9 Å². The molecular weight excluding hydrogens is 428 g/mol. The van der Waals surface area contributed by atoms with Crippen LogP contribution in [0.25, 0.3) is 22.6 Å². The smallest absolute Gasteiger partial charge is 0.432 e. The van der Waals surface area contributed by atoms with Gasteiger partial charge >= 0.3 is 6.18 Å². The highest BCUT2D eigenvalue weighted by atomic mass is 19.4. The molecule has 0 saturated heterocycles.